The Morgan fingerprint density at radius 3 is 2.48 bits per heavy atom. The Bertz CT molecular complexity index is 815. The van der Waals surface area contributed by atoms with E-state index in [9.17, 15) is 22.0 Å². The van der Waals surface area contributed by atoms with Crippen LogP contribution in [0.2, 0.25) is 0 Å². The van der Waals surface area contributed by atoms with Gasteiger partial charge in [0.05, 0.1) is 5.75 Å². The van der Waals surface area contributed by atoms with Crippen molar-refractivity contribution in [2.24, 2.45) is 0 Å². The second kappa shape index (κ2) is 5.82. The summed E-state index contributed by atoms with van der Waals surface area (Å²) in [6.07, 6.45) is 0. The summed E-state index contributed by atoms with van der Waals surface area (Å²) in [7, 11) is -4.13. The van der Waals surface area contributed by atoms with Gasteiger partial charge in [0.2, 0.25) is 0 Å². The molecule has 1 N–H and O–H groups in total. The average Bonchev–Trinajstić information content (AvgIpc) is 2.73. The molecule has 0 amide bonds. The van der Waals surface area contributed by atoms with Crippen LogP contribution < -0.4 is 0 Å². The minimum Gasteiger partial charge on any atom is -0.477 e. The summed E-state index contributed by atoms with van der Waals surface area (Å²) in [5, 5.41) is 10.4. The Morgan fingerprint density at radius 2 is 1.95 bits per heavy atom. The van der Waals surface area contributed by atoms with E-state index in [0.29, 0.717) is 15.4 Å². The molecule has 0 spiro atoms. The molecule has 2 aromatic rings. The lowest BCUT2D eigenvalue weighted by molar-refractivity contribution is 0.0685. The molecule has 1 aromatic heterocycles. The molecule has 1 aromatic carbocycles. The topological polar surface area (TPSA) is 71.4 Å². The average molecular weight is 397 g/mol. The summed E-state index contributed by atoms with van der Waals surface area (Å²) in [5.41, 5.74) is -1.28. The van der Waals surface area contributed by atoms with Crippen molar-refractivity contribution in [3.05, 3.63) is 50.1 Å². The Labute approximate surface area is 131 Å². The number of benzene rings is 1. The lowest BCUT2D eigenvalue weighted by atomic mass is 10.2. The number of hydrogen-bond acceptors (Lipinski definition) is 4. The van der Waals surface area contributed by atoms with Gasteiger partial charge in [-0.15, -0.1) is 11.3 Å². The molecule has 1 heterocycles. The summed E-state index contributed by atoms with van der Waals surface area (Å²) in [5.74, 6) is -5.28. The van der Waals surface area contributed by atoms with Crippen molar-refractivity contribution in [2.45, 2.75) is 10.6 Å². The standard InChI is InChI=1S/C12H7BrF2O4S2/c13-6-3-4-20-8(6)5-21(18,19)9-2-1-7(14)10(11(9)15)12(16)17/h1-4H,5H2,(H,16,17). The van der Waals surface area contributed by atoms with E-state index in [1.807, 2.05) is 0 Å². The predicted molar refractivity (Wildman–Crippen MR) is 76.2 cm³/mol. The highest BCUT2D eigenvalue weighted by Gasteiger charge is 2.27. The Kier molecular flexibility index (Phi) is 4.45. The van der Waals surface area contributed by atoms with Crippen molar-refractivity contribution in [2.75, 3.05) is 0 Å². The van der Waals surface area contributed by atoms with Gasteiger partial charge in [0.25, 0.3) is 0 Å². The molecular weight excluding hydrogens is 390 g/mol. The van der Waals surface area contributed by atoms with E-state index in [1.54, 1.807) is 11.4 Å². The Balaban J connectivity index is 2.53. The summed E-state index contributed by atoms with van der Waals surface area (Å²) in [6, 6.07) is 3.00. The molecule has 0 saturated carbocycles. The number of sulfone groups is 1. The summed E-state index contributed by atoms with van der Waals surface area (Å²) in [6.45, 7) is 0. The fourth-order valence-electron chi connectivity index (χ4n) is 1.65. The van der Waals surface area contributed by atoms with E-state index in [-0.39, 0.29) is 0 Å². The maximum atomic E-state index is 14.0. The monoisotopic (exact) mass is 396 g/mol. The number of hydrogen-bond donors (Lipinski definition) is 1. The predicted octanol–water partition coefficient (Wildman–Crippen LogP) is 3.46. The Hall–Kier alpha value is -1.32. The van der Waals surface area contributed by atoms with Crippen molar-refractivity contribution in [3.63, 3.8) is 0 Å². The quantitative estimate of drug-likeness (QED) is 0.803. The maximum absolute atomic E-state index is 14.0. The Morgan fingerprint density at radius 1 is 1.29 bits per heavy atom. The van der Waals surface area contributed by atoms with Gasteiger partial charge in [-0.3, -0.25) is 0 Å². The van der Waals surface area contributed by atoms with Gasteiger partial charge < -0.3 is 5.11 Å². The highest BCUT2D eigenvalue weighted by atomic mass is 79.9. The first-order valence-electron chi connectivity index (χ1n) is 5.40. The molecule has 0 aliphatic heterocycles. The summed E-state index contributed by atoms with van der Waals surface area (Å²) >= 11 is 4.31. The number of carboxylic acids is 1. The van der Waals surface area contributed by atoms with E-state index < -0.39 is 43.7 Å². The van der Waals surface area contributed by atoms with Gasteiger partial charge in [0.15, 0.2) is 15.7 Å². The molecule has 0 fully saturated rings. The smallest absolute Gasteiger partial charge is 0.341 e. The third kappa shape index (κ3) is 3.14. The minimum atomic E-state index is -4.13. The normalized spacial score (nSPS) is 11.6. The van der Waals surface area contributed by atoms with Gasteiger partial charge in [0, 0.05) is 9.35 Å². The van der Waals surface area contributed by atoms with Crippen LogP contribution in [0.5, 0.6) is 0 Å². The van der Waals surface area contributed by atoms with E-state index in [1.165, 1.54) is 0 Å². The summed E-state index contributed by atoms with van der Waals surface area (Å²) < 4.78 is 52.2. The van der Waals surface area contributed by atoms with Gasteiger partial charge in [-0.2, -0.15) is 0 Å². The van der Waals surface area contributed by atoms with Crippen LogP contribution in [0.3, 0.4) is 0 Å². The van der Waals surface area contributed by atoms with Crippen LogP contribution in [0.25, 0.3) is 0 Å². The SMILES string of the molecule is O=C(O)c1c(F)ccc(S(=O)(=O)Cc2sccc2Br)c1F. The molecule has 0 radical (unpaired) electrons. The zero-order valence-electron chi connectivity index (χ0n) is 10.1. The number of halogens is 3. The third-order valence-corrected chi connectivity index (χ3v) is 6.38. The first-order valence-corrected chi connectivity index (χ1v) is 8.72. The van der Waals surface area contributed by atoms with Crippen LogP contribution in [-0.4, -0.2) is 19.5 Å². The zero-order valence-corrected chi connectivity index (χ0v) is 13.4. The molecule has 9 heteroatoms. The van der Waals surface area contributed by atoms with Gasteiger partial charge in [-0.05, 0) is 39.5 Å². The van der Waals surface area contributed by atoms with Crippen molar-refractivity contribution in [3.8, 4) is 0 Å². The second-order valence-corrected chi connectivity index (χ2v) is 7.80. The van der Waals surface area contributed by atoms with Crippen LogP contribution in [0.4, 0.5) is 8.78 Å². The van der Waals surface area contributed by atoms with Gasteiger partial charge in [-0.1, -0.05) is 0 Å². The van der Waals surface area contributed by atoms with E-state index in [4.69, 9.17) is 5.11 Å². The molecule has 0 saturated heterocycles. The van der Waals surface area contributed by atoms with Crippen LogP contribution in [-0.2, 0) is 15.6 Å². The van der Waals surface area contributed by atoms with Crippen LogP contribution in [0, 0.1) is 11.6 Å². The highest BCUT2D eigenvalue weighted by molar-refractivity contribution is 9.10. The minimum absolute atomic E-state index is 0.440. The first-order chi connectivity index (χ1) is 9.74. The van der Waals surface area contributed by atoms with Crippen molar-refractivity contribution < 1.29 is 27.1 Å². The number of rotatable bonds is 4. The molecule has 0 aliphatic carbocycles. The van der Waals surface area contributed by atoms with Gasteiger partial charge in [0.1, 0.15) is 16.3 Å². The molecule has 21 heavy (non-hydrogen) atoms. The van der Waals surface area contributed by atoms with Crippen LogP contribution >= 0.6 is 27.3 Å². The lowest BCUT2D eigenvalue weighted by Crippen LogP contribution is -2.12. The first kappa shape index (κ1) is 16.1. The molecule has 0 unspecified atom stereocenters. The van der Waals surface area contributed by atoms with E-state index in [2.05, 4.69) is 15.9 Å². The summed E-state index contributed by atoms with van der Waals surface area (Å²) in [4.78, 5) is 10.4. The van der Waals surface area contributed by atoms with E-state index >= 15 is 0 Å². The molecule has 4 nitrogen and oxygen atoms in total. The number of aromatic carboxylic acids is 1. The van der Waals surface area contributed by atoms with Gasteiger partial charge in [-0.25, -0.2) is 22.0 Å². The van der Waals surface area contributed by atoms with E-state index in [0.717, 1.165) is 17.4 Å². The molecular formula is C12H7BrF2O4S2. The highest BCUT2D eigenvalue weighted by Crippen LogP contribution is 2.29. The van der Waals surface area contributed by atoms with Gasteiger partial charge >= 0.3 is 5.97 Å². The zero-order chi connectivity index (χ0) is 15.8. The maximum Gasteiger partial charge on any atom is 0.341 e. The van der Waals surface area contributed by atoms with Crippen molar-refractivity contribution in [1.29, 1.82) is 0 Å². The lowest BCUT2D eigenvalue weighted by Gasteiger charge is -2.08. The van der Waals surface area contributed by atoms with Crippen molar-refractivity contribution in [1.82, 2.24) is 0 Å². The number of carboxylic acid groups (broad SMARTS) is 1. The molecule has 0 aliphatic rings. The number of carbonyl (C=O) groups is 1. The molecule has 112 valence electrons. The van der Waals surface area contributed by atoms with Crippen molar-refractivity contribution >= 4 is 43.1 Å². The third-order valence-electron chi connectivity index (χ3n) is 2.62. The fourth-order valence-corrected chi connectivity index (χ4v) is 5.15. The molecule has 0 bridgehead atoms. The number of thiophene rings is 1. The van der Waals surface area contributed by atoms with Crippen LogP contribution in [0.15, 0.2) is 32.9 Å². The molecule has 0 atom stereocenters. The fraction of sp³-hybridized carbons (Fsp3) is 0.0833. The largest absolute Gasteiger partial charge is 0.477 e. The van der Waals surface area contributed by atoms with Crippen LogP contribution in [0.1, 0.15) is 15.2 Å². The second-order valence-electron chi connectivity index (χ2n) is 3.99. The molecule has 2 rings (SSSR count).